The van der Waals surface area contributed by atoms with Gasteiger partial charge in [0, 0.05) is 24.7 Å². The van der Waals surface area contributed by atoms with Crippen molar-refractivity contribution in [2.75, 3.05) is 29.9 Å². The Morgan fingerprint density at radius 3 is 2.46 bits per heavy atom. The van der Waals surface area contributed by atoms with Crippen molar-refractivity contribution in [2.45, 2.75) is 19.8 Å². The quantitative estimate of drug-likeness (QED) is 0.906. The summed E-state index contributed by atoms with van der Waals surface area (Å²) in [6.07, 6.45) is 1.75. The first-order valence-corrected chi connectivity index (χ1v) is 8.60. The Kier molecular flexibility index (Phi) is 5.36. The lowest BCUT2D eigenvalue weighted by molar-refractivity contribution is -0.120. The summed E-state index contributed by atoms with van der Waals surface area (Å²) >= 11 is 0. The zero-order valence-electron chi connectivity index (χ0n) is 14.1. The number of para-hydroxylation sites is 3. The molecule has 4 nitrogen and oxygen atoms in total. The van der Waals surface area contributed by atoms with E-state index in [1.54, 1.807) is 0 Å². The van der Waals surface area contributed by atoms with Crippen molar-refractivity contribution in [3.8, 4) is 5.75 Å². The van der Waals surface area contributed by atoms with Crippen molar-refractivity contribution in [3.05, 3.63) is 54.6 Å². The highest BCUT2D eigenvalue weighted by Crippen LogP contribution is 2.27. The van der Waals surface area contributed by atoms with Gasteiger partial charge in [-0.1, -0.05) is 30.3 Å². The molecular weight excluding hydrogens is 300 g/mol. The van der Waals surface area contributed by atoms with E-state index in [0.717, 1.165) is 37.4 Å². The molecule has 0 bridgehead atoms. The standard InChI is InChI=1S/C20H24N2O2/c1-2-24-19-11-7-6-10-18(19)21-20(23)16-12-14-22(15-13-16)17-8-4-3-5-9-17/h3-11,16H,2,12-15H2,1H3,(H,21,23). The second kappa shape index (κ2) is 7.86. The molecule has 4 heteroatoms. The number of amides is 1. The highest BCUT2D eigenvalue weighted by Gasteiger charge is 2.25. The Hall–Kier alpha value is -2.49. The molecule has 0 atom stereocenters. The number of nitrogens with one attached hydrogen (secondary N) is 1. The van der Waals surface area contributed by atoms with Gasteiger partial charge in [0.1, 0.15) is 5.75 Å². The first kappa shape index (κ1) is 16.4. The number of anilines is 2. The number of rotatable bonds is 5. The minimum absolute atomic E-state index is 0.0552. The van der Waals surface area contributed by atoms with Crippen LogP contribution in [0.25, 0.3) is 0 Å². The van der Waals surface area contributed by atoms with E-state index in [1.807, 2.05) is 37.3 Å². The fourth-order valence-corrected chi connectivity index (χ4v) is 3.12. The first-order valence-electron chi connectivity index (χ1n) is 8.60. The third kappa shape index (κ3) is 3.88. The van der Waals surface area contributed by atoms with E-state index in [0.29, 0.717) is 6.61 Å². The molecule has 0 unspecified atom stereocenters. The summed E-state index contributed by atoms with van der Waals surface area (Å²) in [4.78, 5) is 14.9. The van der Waals surface area contributed by atoms with Crippen LogP contribution in [0.15, 0.2) is 54.6 Å². The van der Waals surface area contributed by atoms with Crippen LogP contribution >= 0.6 is 0 Å². The summed E-state index contributed by atoms with van der Waals surface area (Å²) in [6.45, 7) is 4.35. The van der Waals surface area contributed by atoms with Gasteiger partial charge in [0.15, 0.2) is 0 Å². The maximum Gasteiger partial charge on any atom is 0.227 e. The number of benzene rings is 2. The number of ether oxygens (including phenoxy) is 1. The van der Waals surface area contributed by atoms with Crippen LogP contribution in [0.4, 0.5) is 11.4 Å². The van der Waals surface area contributed by atoms with Crippen molar-refractivity contribution in [1.82, 2.24) is 0 Å². The SMILES string of the molecule is CCOc1ccccc1NC(=O)C1CCN(c2ccccc2)CC1. The molecule has 0 saturated carbocycles. The van der Waals surface area contributed by atoms with Crippen molar-refractivity contribution >= 4 is 17.3 Å². The van der Waals surface area contributed by atoms with Gasteiger partial charge in [-0.3, -0.25) is 4.79 Å². The average molecular weight is 324 g/mol. The molecule has 1 heterocycles. The third-order valence-corrected chi connectivity index (χ3v) is 4.43. The maximum absolute atomic E-state index is 12.6. The molecule has 24 heavy (non-hydrogen) atoms. The topological polar surface area (TPSA) is 41.6 Å². The fourth-order valence-electron chi connectivity index (χ4n) is 3.12. The highest BCUT2D eigenvalue weighted by atomic mass is 16.5. The molecule has 1 N–H and O–H groups in total. The molecule has 0 aromatic heterocycles. The Morgan fingerprint density at radius 1 is 1.08 bits per heavy atom. The van der Waals surface area contributed by atoms with Gasteiger partial charge in [-0.25, -0.2) is 0 Å². The van der Waals surface area contributed by atoms with Gasteiger partial charge in [0.2, 0.25) is 5.91 Å². The van der Waals surface area contributed by atoms with E-state index < -0.39 is 0 Å². The summed E-state index contributed by atoms with van der Waals surface area (Å²) in [5, 5.41) is 3.04. The number of hydrogen-bond acceptors (Lipinski definition) is 3. The monoisotopic (exact) mass is 324 g/mol. The molecule has 1 aliphatic rings. The zero-order chi connectivity index (χ0) is 16.8. The Balaban J connectivity index is 1.58. The van der Waals surface area contributed by atoms with Gasteiger partial charge >= 0.3 is 0 Å². The van der Waals surface area contributed by atoms with Gasteiger partial charge in [-0.15, -0.1) is 0 Å². The number of hydrogen-bond donors (Lipinski definition) is 1. The number of nitrogens with zero attached hydrogens (tertiary/aromatic N) is 1. The normalized spacial score (nSPS) is 15.1. The Labute approximate surface area is 143 Å². The number of carbonyl (C=O) groups excluding carboxylic acids is 1. The lowest BCUT2D eigenvalue weighted by atomic mass is 9.95. The van der Waals surface area contributed by atoms with Gasteiger partial charge in [-0.05, 0) is 44.0 Å². The van der Waals surface area contributed by atoms with Crippen LogP contribution in [-0.4, -0.2) is 25.6 Å². The van der Waals surface area contributed by atoms with E-state index in [4.69, 9.17) is 4.74 Å². The van der Waals surface area contributed by atoms with E-state index in [-0.39, 0.29) is 11.8 Å². The van der Waals surface area contributed by atoms with Crippen molar-refractivity contribution in [1.29, 1.82) is 0 Å². The molecule has 1 amide bonds. The van der Waals surface area contributed by atoms with E-state index in [9.17, 15) is 4.79 Å². The second-order valence-electron chi connectivity index (χ2n) is 6.02. The summed E-state index contributed by atoms with van der Waals surface area (Å²) in [6, 6.07) is 18.0. The Morgan fingerprint density at radius 2 is 1.75 bits per heavy atom. The van der Waals surface area contributed by atoms with Crippen molar-refractivity contribution < 1.29 is 9.53 Å². The lowest BCUT2D eigenvalue weighted by Gasteiger charge is -2.33. The van der Waals surface area contributed by atoms with Gasteiger partial charge in [-0.2, -0.15) is 0 Å². The van der Waals surface area contributed by atoms with Crippen LogP contribution < -0.4 is 15.0 Å². The lowest BCUT2D eigenvalue weighted by Crippen LogP contribution is -2.38. The molecule has 126 valence electrons. The van der Waals surface area contributed by atoms with E-state index in [2.05, 4.69) is 34.5 Å². The molecule has 2 aromatic carbocycles. The van der Waals surface area contributed by atoms with Crippen LogP contribution in [0.5, 0.6) is 5.75 Å². The number of carbonyl (C=O) groups is 1. The Bertz CT molecular complexity index is 664. The number of piperidine rings is 1. The third-order valence-electron chi connectivity index (χ3n) is 4.43. The van der Waals surface area contributed by atoms with E-state index in [1.165, 1.54) is 5.69 Å². The molecule has 0 aliphatic carbocycles. The molecule has 1 saturated heterocycles. The van der Waals surface area contributed by atoms with Gasteiger partial charge in [0.05, 0.1) is 12.3 Å². The molecular formula is C20H24N2O2. The van der Waals surface area contributed by atoms with E-state index >= 15 is 0 Å². The molecule has 3 rings (SSSR count). The predicted octanol–water partition coefficient (Wildman–Crippen LogP) is 3.94. The van der Waals surface area contributed by atoms with Crippen LogP contribution in [0, 0.1) is 5.92 Å². The predicted molar refractivity (Wildman–Crippen MR) is 97.6 cm³/mol. The van der Waals surface area contributed by atoms with Crippen LogP contribution in [0.2, 0.25) is 0 Å². The summed E-state index contributed by atoms with van der Waals surface area (Å²) < 4.78 is 5.58. The molecule has 1 aliphatic heterocycles. The average Bonchev–Trinajstić information content (AvgIpc) is 2.64. The zero-order valence-corrected chi connectivity index (χ0v) is 14.1. The minimum Gasteiger partial charge on any atom is -0.492 e. The van der Waals surface area contributed by atoms with Crippen molar-refractivity contribution in [3.63, 3.8) is 0 Å². The smallest absolute Gasteiger partial charge is 0.227 e. The summed E-state index contributed by atoms with van der Waals surface area (Å²) in [5.41, 5.74) is 1.99. The molecule has 0 spiro atoms. The van der Waals surface area contributed by atoms with Crippen LogP contribution in [0.3, 0.4) is 0 Å². The molecule has 0 radical (unpaired) electrons. The maximum atomic E-state index is 12.6. The first-order chi connectivity index (χ1) is 11.8. The van der Waals surface area contributed by atoms with Crippen LogP contribution in [0.1, 0.15) is 19.8 Å². The van der Waals surface area contributed by atoms with Gasteiger partial charge in [0.25, 0.3) is 0 Å². The summed E-state index contributed by atoms with van der Waals surface area (Å²) in [7, 11) is 0. The second-order valence-corrected chi connectivity index (χ2v) is 6.02. The minimum atomic E-state index is 0.0552. The fraction of sp³-hybridized carbons (Fsp3) is 0.350. The van der Waals surface area contributed by atoms with Crippen LogP contribution in [-0.2, 0) is 4.79 Å². The molecule has 1 fully saturated rings. The van der Waals surface area contributed by atoms with Crippen molar-refractivity contribution in [2.24, 2.45) is 5.92 Å². The summed E-state index contributed by atoms with van der Waals surface area (Å²) in [5.74, 6) is 0.879. The molecule has 2 aromatic rings. The highest BCUT2D eigenvalue weighted by molar-refractivity contribution is 5.94. The van der Waals surface area contributed by atoms with Gasteiger partial charge < -0.3 is 15.0 Å². The largest absolute Gasteiger partial charge is 0.492 e.